The van der Waals surface area contributed by atoms with Crippen molar-refractivity contribution in [2.24, 2.45) is 0 Å². The Morgan fingerprint density at radius 2 is 2.07 bits per heavy atom. The number of rotatable bonds is 5. The van der Waals surface area contributed by atoms with Gasteiger partial charge in [0.05, 0.1) is 53.7 Å². The number of hydrogen-bond donors (Lipinski definition) is 1. The Labute approximate surface area is 166 Å². The van der Waals surface area contributed by atoms with E-state index in [0.29, 0.717) is 33.8 Å². The number of halogens is 2. The molecule has 8 nitrogen and oxygen atoms in total. The minimum Gasteiger partial charge on any atom is -0.492 e. The molecule has 0 bridgehead atoms. The Kier molecular flexibility index (Phi) is 4.77. The van der Waals surface area contributed by atoms with E-state index >= 15 is 0 Å². The molecule has 1 aliphatic heterocycles. The Morgan fingerprint density at radius 3 is 2.79 bits per heavy atom. The van der Waals surface area contributed by atoms with E-state index in [0.717, 1.165) is 0 Å². The van der Waals surface area contributed by atoms with Crippen LogP contribution in [0.5, 0.6) is 23.0 Å². The Bertz CT molecular complexity index is 1120. The van der Waals surface area contributed by atoms with Gasteiger partial charge in [0, 0.05) is 17.7 Å². The number of nitrogens with zero attached hydrogens (tertiary/aromatic N) is 2. The molecule has 0 amide bonds. The van der Waals surface area contributed by atoms with Gasteiger partial charge in [0.2, 0.25) is 0 Å². The number of ether oxygens (including phenoxy) is 4. The van der Waals surface area contributed by atoms with E-state index in [9.17, 15) is 13.0 Å². The van der Waals surface area contributed by atoms with E-state index in [4.69, 9.17) is 14.2 Å². The highest BCUT2D eigenvalue weighted by molar-refractivity contribution is 7.84. The third kappa shape index (κ3) is 3.57. The first-order chi connectivity index (χ1) is 13.8. The summed E-state index contributed by atoms with van der Waals surface area (Å²) < 4.78 is 59.8. The summed E-state index contributed by atoms with van der Waals surface area (Å²) in [7, 11) is 1.45. The third-order valence-electron chi connectivity index (χ3n) is 4.42. The quantitative estimate of drug-likeness (QED) is 0.671. The lowest BCUT2D eigenvalue weighted by molar-refractivity contribution is -0.208. The number of hydrogen-bond acceptors (Lipinski definition) is 7. The zero-order valence-electron chi connectivity index (χ0n) is 15.7. The Balaban J connectivity index is 1.63. The second kappa shape index (κ2) is 7.14. The number of aromatic amines is 1. The summed E-state index contributed by atoms with van der Waals surface area (Å²) in [6.07, 6.45) is -1.90. The number of methoxy groups -OCH3 is 2. The fourth-order valence-corrected chi connectivity index (χ4v) is 4.09. The molecule has 3 aromatic rings. The lowest BCUT2D eigenvalue weighted by Gasteiger charge is -2.25. The summed E-state index contributed by atoms with van der Waals surface area (Å²) >= 11 is 0. The van der Waals surface area contributed by atoms with Crippen molar-refractivity contribution in [3.8, 4) is 23.0 Å². The molecule has 3 heterocycles. The molecule has 0 radical (unpaired) electrons. The number of alkyl halides is 2. The zero-order valence-corrected chi connectivity index (χ0v) is 16.6. The van der Waals surface area contributed by atoms with Crippen molar-refractivity contribution in [1.29, 1.82) is 0 Å². The minimum atomic E-state index is -3.40. The van der Waals surface area contributed by atoms with Gasteiger partial charge in [0.15, 0.2) is 34.8 Å². The molecule has 1 unspecified atom stereocenters. The van der Waals surface area contributed by atoms with Gasteiger partial charge in [-0.2, -0.15) is 8.78 Å². The maximum Gasteiger partial charge on any atom is 0.433 e. The van der Waals surface area contributed by atoms with Crippen LogP contribution in [0, 0.1) is 6.92 Å². The molecule has 0 saturated carbocycles. The summed E-state index contributed by atoms with van der Waals surface area (Å²) in [4.78, 5) is 11.5. The number of aromatic nitrogens is 3. The first-order valence-electron chi connectivity index (χ1n) is 8.49. The van der Waals surface area contributed by atoms with Crippen LogP contribution >= 0.6 is 0 Å². The van der Waals surface area contributed by atoms with E-state index < -0.39 is 23.5 Å². The molecule has 29 heavy (non-hydrogen) atoms. The number of fused-ring (bicyclic) bond motifs is 2. The van der Waals surface area contributed by atoms with E-state index in [1.165, 1.54) is 32.5 Å². The lowest BCUT2D eigenvalue weighted by atomic mass is 10.2. The van der Waals surface area contributed by atoms with Crippen LogP contribution in [0.3, 0.4) is 0 Å². The maximum absolute atomic E-state index is 13.4. The second-order valence-corrected chi connectivity index (χ2v) is 7.67. The van der Waals surface area contributed by atoms with Gasteiger partial charge in [-0.05, 0) is 6.92 Å². The first-order valence-corrected chi connectivity index (χ1v) is 9.81. The molecule has 0 spiro atoms. The highest BCUT2D eigenvalue weighted by Gasteiger charge is 2.38. The molecule has 0 aliphatic carbocycles. The van der Waals surface area contributed by atoms with Crippen LogP contribution in [0.2, 0.25) is 0 Å². The largest absolute Gasteiger partial charge is 0.492 e. The topological polar surface area (TPSA) is 95.6 Å². The highest BCUT2D eigenvalue weighted by Crippen LogP contribution is 2.39. The van der Waals surface area contributed by atoms with E-state index in [1.807, 2.05) is 0 Å². The van der Waals surface area contributed by atoms with Gasteiger partial charge in [-0.1, -0.05) is 0 Å². The van der Waals surface area contributed by atoms with E-state index in [2.05, 4.69) is 19.7 Å². The normalized spacial score (nSPS) is 15.9. The molecular formula is C18H17F2N3O5S. The van der Waals surface area contributed by atoms with Crippen molar-refractivity contribution in [2.75, 3.05) is 20.8 Å². The van der Waals surface area contributed by atoms with Crippen molar-refractivity contribution in [1.82, 2.24) is 15.0 Å². The second-order valence-electron chi connectivity index (χ2n) is 6.31. The highest BCUT2D eigenvalue weighted by atomic mass is 32.2. The van der Waals surface area contributed by atoms with Gasteiger partial charge in [-0.3, -0.25) is 9.19 Å². The van der Waals surface area contributed by atoms with Crippen LogP contribution in [-0.2, 0) is 16.6 Å². The molecule has 1 aliphatic rings. The minimum absolute atomic E-state index is 0.0802. The molecule has 1 aromatic carbocycles. The lowest BCUT2D eigenvalue weighted by Crippen LogP contribution is -2.35. The Hall–Kier alpha value is -2.95. The summed E-state index contributed by atoms with van der Waals surface area (Å²) in [6.45, 7) is 0.918. The standard InChI is InChI=1S/C18H17F2N3O5S/c1-9-12(21-6-15(25-2)16(9)26-3)7-29(24)17-22-10-4-13-14(5-11(10)23-17)28-18(19,20)8-27-13/h4-6H,7-8H2,1-3H3,(H,22,23). The number of pyridine rings is 1. The van der Waals surface area contributed by atoms with Gasteiger partial charge in [0.25, 0.3) is 0 Å². The SMILES string of the molecule is COc1cnc(CS(=O)c2nc3cc4c(cc3[nH]2)OC(F)(F)CO4)c(C)c1OC. The van der Waals surface area contributed by atoms with Crippen molar-refractivity contribution < 1.29 is 31.9 Å². The van der Waals surface area contributed by atoms with Crippen LogP contribution in [-0.4, -0.2) is 46.1 Å². The summed E-state index contributed by atoms with van der Waals surface area (Å²) in [5.41, 5.74) is 2.10. The Morgan fingerprint density at radius 1 is 1.28 bits per heavy atom. The van der Waals surface area contributed by atoms with Crippen LogP contribution in [0.15, 0.2) is 23.5 Å². The van der Waals surface area contributed by atoms with Crippen LogP contribution in [0.1, 0.15) is 11.3 Å². The average Bonchev–Trinajstić information content (AvgIpc) is 3.09. The number of imidazole rings is 1. The molecule has 0 saturated heterocycles. The van der Waals surface area contributed by atoms with Crippen molar-refractivity contribution in [2.45, 2.75) is 23.9 Å². The van der Waals surface area contributed by atoms with E-state index in [-0.39, 0.29) is 22.4 Å². The predicted molar refractivity (Wildman–Crippen MR) is 99.4 cm³/mol. The maximum atomic E-state index is 13.4. The summed E-state index contributed by atoms with van der Waals surface area (Å²) in [5, 5.41) is 0.185. The molecule has 1 N–H and O–H groups in total. The van der Waals surface area contributed by atoms with Gasteiger partial charge >= 0.3 is 6.11 Å². The van der Waals surface area contributed by atoms with Gasteiger partial charge in [0.1, 0.15) is 0 Å². The van der Waals surface area contributed by atoms with Gasteiger partial charge in [-0.15, -0.1) is 0 Å². The summed E-state index contributed by atoms with van der Waals surface area (Å²) in [5.74, 6) is 1.13. The van der Waals surface area contributed by atoms with E-state index in [1.54, 1.807) is 6.92 Å². The molecular weight excluding hydrogens is 408 g/mol. The smallest absolute Gasteiger partial charge is 0.433 e. The van der Waals surface area contributed by atoms with Crippen molar-refractivity contribution >= 4 is 21.8 Å². The molecule has 1 atom stereocenters. The van der Waals surface area contributed by atoms with Crippen LogP contribution in [0.4, 0.5) is 8.78 Å². The first kappa shape index (κ1) is 19.4. The molecule has 2 aromatic heterocycles. The van der Waals surface area contributed by atoms with Crippen LogP contribution < -0.4 is 18.9 Å². The van der Waals surface area contributed by atoms with Crippen molar-refractivity contribution in [3.05, 3.63) is 29.6 Å². The fraction of sp³-hybridized carbons (Fsp3) is 0.333. The molecule has 4 rings (SSSR count). The van der Waals surface area contributed by atoms with Crippen molar-refractivity contribution in [3.63, 3.8) is 0 Å². The van der Waals surface area contributed by atoms with Gasteiger partial charge < -0.3 is 23.9 Å². The molecule has 0 fully saturated rings. The number of H-pyrrole nitrogens is 1. The molecule has 11 heteroatoms. The average molecular weight is 425 g/mol. The number of benzene rings is 1. The monoisotopic (exact) mass is 425 g/mol. The predicted octanol–water partition coefficient (Wildman–Crippen LogP) is 2.96. The fourth-order valence-electron chi connectivity index (χ4n) is 2.99. The summed E-state index contributed by atoms with van der Waals surface area (Å²) in [6, 6.07) is 2.82. The van der Waals surface area contributed by atoms with Crippen LogP contribution in [0.25, 0.3) is 11.0 Å². The molecule has 154 valence electrons. The third-order valence-corrected chi connectivity index (χ3v) is 5.58. The van der Waals surface area contributed by atoms with Gasteiger partial charge in [-0.25, -0.2) is 4.98 Å². The zero-order chi connectivity index (χ0) is 20.8. The number of nitrogens with one attached hydrogen (secondary N) is 1.